The predicted octanol–water partition coefficient (Wildman–Crippen LogP) is 1.67. The van der Waals surface area contributed by atoms with Gasteiger partial charge in [0.1, 0.15) is 12.0 Å². The third-order valence-electron chi connectivity index (χ3n) is 2.63. The van der Waals surface area contributed by atoms with E-state index in [-0.39, 0.29) is 0 Å². The highest BCUT2D eigenvalue weighted by Crippen LogP contribution is 2.19. The Morgan fingerprint density at radius 3 is 2.59 bits per heavy atom. The number of para-hydroxylation sites is 1. The summed E-state index contributed by atoms with van der Waals surface area (Å²) in [5.74, 6) is 0.788. The Morgan fingerprint density at radius 2 is 1.88 bits per heavy atom. The minimum atomic E-state index is 0.788. The Hall–Kier alpha value is -2.43. The molecule has 84 valence electrons. The topological polar surface area (TPSA) is 48.5 Å². The maximum absolute atomic E-state index is 4.15. The van der Waals surface area contributed by atoms with Crippen molar-refractivity contribution in [1.29, 1.82) is 0 Å². The molecule has 0 fully saturated rings. The van der Waals surface area contributed by atoms with Crippen molar-refractivity contribution < 1.29 is 0 Å². The van der Waals surface area contributed by atoms with Crippen molar-refractivity contribution in [2.75, 3.05) is 0 Å². The van der Waals surface area contributed by atoms with Gasteiger partial charge in [0.05, 0.1) is 0 Å². The van der Waals surface area contributed by atoms with Gasteiger partial charge in [-0.3, -0.25) is 9.25 Å². The minimum absolute atomic E-state index is 0.788. The van der Waals surface area contributed by atoms with Crippen LogP contribution in [-0.4, -0.2) is 24.5 Å². The van der Waals surface area contributed by atoms with Crippen molar-refractivity contribution in [3.05, 3.63) is 48.9 Å². The Labute approximate surface area is 98.3 Å². The summed E-state index contributed by atoms with van der Waals surface area (Å²) in [5, 5.41) is 12.3. The Balaban J connectivity index is 2.16. The van der Waals surface area contributed by atoms with Gasteiger partial charge in [0.25, 0.3) is 0 Å². The molecule has 5 heteroatoms. The Kier molecular flexibility index (Phi) is 2.22. The van der Waals surface area contributed by atoms with Crippen LogP contribution in [0.5, 0.6) is 0 Å². The molecule has 2 aromatic heterocycles. The highest BCUT2D eigenvalue weighted by Gasteiger charge is 2.11. The molecular weight excluding hydrogens is 214 g/mol. The van der Waals surface area contributed by atoms with E-state index in [9.17, 15) is 0 Å². The third-order valence-corrected chi connectivity index (χ3v) is 2.63. The molecular formula is C12H11N5. The van der Waals surface area contributed by atoms with E-state index in [1.807, 2.05) is 48.0 Å². The average molecular weight is 225 g/mol. The van der Waals surface area contributed by atoms with Crippen LogP contribution < -0.4 is 0 Å². The van der Waals surface area contributed by atoms with Crippen molar-refractivity contribution in [2.24, 2.45) is 7.05 Å². The molecule has 0 atom stereocenters. The lowest BCUT2D eigenvalue weighted by molar-refractivity contribution is 0.767. The van der Waals surface area contributed by atoms with Crippen molar-refractivity contribution in [2.45, 2.75) is 0 Å². The van der Waals surface area contributed by atoms with Crippen LogP contribution in [0.25, 0.3) is 17.2 Å². The second-order valence-corrected chi connectivity index (χ2v) is 3.70. The summed E-state index contributed by atoms with van der Waals surface area (Å²) in [7, 11) is 1.89. The lowest BCUT2D eigenvalue weighted by Gasteiger charge is -2.06. The second kappa shape index (κ2) is 3.86. The number of rotatable bonds is 2. The smallest absolute Gasteiger partial charge is 0.186 e. The van der Waals surface area contributed by atoms with Gasteiger partial charge in [-0.05, 0) is 18.2 Å². The molecule has 0 aliphatic carbocycles. The van der Waals surface area contributed by atoms with Crippen LogP contribution in [-0.2, 0) is 7.05 Å². The Morgan fingerprint density at radius 1 is 1.06 bits per heavy atom. The van der Waals surface area contributed by atoms with E-state index in [0.717, 1.165) is 17.2 Å². The number of hydrogen-bond acceptors (Lipinski definition) is 3. The number of hydrogen-bond donors (Lipinski definition) is 0. The van der Waals surface area contributed by atoms with E-state index in [1.165, 1.54) is 0 Å². The lowest BCUT2D eigenvalue weighted by Crippen LogP contribution is -2.00. The summed E-state index contributed by atoms with van der Waals surface area (Å²) in [6.45, 7) is 0. The van der Waals surface area contributed by atoms with E-state index in [2.05, 4.69) is 15.3 Å². The van der Waals surface area contributed by atoms with E-state index < -0.39 is 0 Å². The zero-order valence-corrected chi connectivity index (χ0v) is 9.35. The average Bonchev–Trinajstić information content (AvgIpc) is 2.98. The molecule has 1 aromatic carbocycles. The van der Waals surface area contributed by atoms with Crippen LogP contribution in [0.15, 0.2) is 48.9 Å². The third kappa shape index (κ3) is 1.61. The van der Waals surface area contributed by atoms with Crippen molar-refractivity contribution in [1.82, 2.24) is 24.5 Å². The molecule has 0 saturated carbocycles. The van der Waals surface area contributed by atoms with Gasteiger partial charge < -0.3 is 0 Å². The zero-order valence-electron chi connectivity index (χ0n) is 9.35. The number of benzene rings is 1. The van der Waals surface area contributed by atoms with Gasteiger partial charge in [-0.25, -0.2) is 0 Å². The first-order chi connectivity index (χ1) is 8.36. The molecule has 0 unspecified atom stereocenters. The van der Waals surface area contributed by atoms with Crippen molar-refractivity contribution in [3.8, 4) is 17.2 Å². The molecule has 0 spiro atoms. The second-order valence-electron chi connectivity index (χ2n) is 3.70. The Bertz CT molecular complexity index is 623. The van der Waals surface area contributed by atoms with Gasteiger partial charge >= 0.3 is 0 Å². The normalized spacial score (nSPS) is 10.6. The van der Waals surface area contributed by atoms with E-state index in [1.54, 1.807) is 17.2 Å². The summed E-state index contributed by atoms with van der Waals surface area (Å²) < 4.78 is 3.72. The summed E-state index contributed by atoms with van der Waals surface area (Å²) >= 11 is 0. The first-order valence-corrected chi connectivity index (χ1v) is 5.30. The molecule has 3 aromatic rings. The number of nitrogens with zero attached hydrogens (tertiary/aromatic N) is 5. The highest BCUT2D eigenvalue weighted by atomic mass is 15.3. The molecule has 0 saturated heterocycles. The van der Waals surface area contributed by atoms with Gasteiger partial charge in [-0.1, -0.05) is 18.2 Å². The SMILES string of the molecule is Cn1nccc1-c1nncn1-c1ccccc1. The molecule has 0 bridgehead atoms. The monoisotopic (exact) mass is 225 g/mol. The van der Waals surface area contributed by atoms with E-state index in [0.29, 0.717) is 0 Å². The fraction of sp³-hybridized carbons (Fsp3) is 0.0833. The van der Waals surface area contributed by atoms with Crippen LogP contribution in [0.3, 0.4) is 0 Å². The van der Waals surface area contributed by atoms with Gasteiger partial charge in [-0.2, -0.15) is 5.10 Å². The number of aryl methyl sites for hydroxylation is 1. The molecule has 0 N–H and O–H groups in total. The molecule has 0 radical (unpaired) electrons. The molecule has 3 rings (SSSR count). The van der Waals surface area contributed by atoms with Gasteiger partial charge in [0.2, 0.25) is 0 Å². The van der Waals surface area contributed by atoms with Gasteiger partial charge in [0.15, 0.2) is 5.82 Å². The molecule has 0 amide bonds. The quantitative estimate of drug-likeness (QED) is 0.666. The van der Waals surface area contributed by atoms with Gasteiger partial charge in [-0.15, -0.1) is 10.2 Å². The van der Waals surface area contributed by atoms with E-state index in [4.69, 9.17) is 0 Å². The fourth-order valence-corrected chi connectivity index (χ4v) is 1.78. The molecule has 0 aliphatic heterocycles. The fourth-order valence-electron chi connectivity index (χ4n) is 1.78. The summed E-state index contributed by atoms with van der Waals surface area (Å²) in [6, 6.07) is 11.9. The van der Waals surface area contributed by atoms with Crippen molar-refractivity contribution in [3.63, 3.8) is 0 Å². The number of aromatic nitrogens is 5. The first kappa shape index (κ1) is 9.77. The maximum atomic E-state index is 4.15. The zero-order chi connectivity index (χ0) is 11.7. The molecule has 2 heterocycles. The summed E-state index contributed by atoms with van der Waals surface area (Å²) in [5.41, 5.74) is 1.97. The largest absolute Gasteiger partial charge is 0.280 e. The molecule has 0 aliphatic rings. The minimum Gasteiger partial charge on any atom is -0.280 e. The summed E-state index contributed by atoms with van der Waals surface area (Å²) in [4.78, 5) is 0. The van der Waals surface area contributed by atoms with Crippen LogP contribution in [0.1, 0.15) is 0 Å². The van der Waals surface area contributed by atoms with Crippen LogP contribution in [0.4, 0.5) is 0 Å². The van der Waals surface area contributed by atoms with Crippen LogP contribution >= 0.6 is 0 Å². The standard InChI is InChI=1S/C12H11N5/c1-16-11(7-8-14-16)12-15-13-9-17(12)10-5-3-2-4-6-10/h2-9H,1H3. The predicted molar refractivity (Wildman–Crippen MR) is 63.6 cm³/mol. The first-order valence-electron chi connectivity index (χ1n) is 5.30. The van der Waals surface area contributed by atoms with E-state index >= 15 is 0 Å². The molecule has 17 heavy (non-hydrogen) atoms. The van der Waals surface area contributed by atoms with Gasteiger partial charge in [0, 0.05) is 18.9 Å². The highest BCUT2D eigenvalue weighted by molar-refractivity contribution is 5.53. The maximum Gasteiger partial charge on any atom is 0.186 e. The van der Waals surface area contributed by atoms with Crippen LogP contribution in [0.2, 0.25) is 0 Å². The van der Waals surface area contributed by atoms with Crippen LogP contribution in [0, 0.1) is 0 Å². The lowest BCUT2D eigenvalue weighted by atomic mass is 10.3. The molecule has 5 nitrogen and oxygen atoms in total. The summed E-state index contributed by atoms with van der Waals surface area (Å²) in [6.07, 6.45) is 3.46. The van der Waals surface area contributed by atoms with Crippen molar-refractivity contribution >= 4 is 0 Å².